The molecule has 0 aliphatic heterocycles. The summed E-state index contributed by atoms with van der Waals surface area (Å²) in [5.41, 5.74) is 0.284. The number of carbonyl (C=O) groups excluding carboxylic acids is 1. The maximum atomic E-state index is 13.7. The Kier molecular flexibility index (Phi) is 5.08. The average Bonchev–Trinajstić information content (AvgIpc) is 3.01. The van der Waals surface area contributed by atoms with Gasteiger partial charge in [-0.1, -0.05) is 17.3 Å². The van der Waals surface area contributed by atoms with Crippen molar-refractivity contribution in [1.29, 1.82) is 0 Å². The Hall–Kier alpha value is -2.74. The van der Waals surface area contributed by atoms with Gasteiger partial charge in [-0.15, -0.1) is 11.8 Å². The maximum Gasteiger partial charge on any atom is 0.256 e. The molecule has 1 heterocycles. The first-order valence-electron chi connectivity index (χ1n) is 7.30. The van der Waals surface area contributed by atoms with Gasteiger partial charge in [-0.25, -0.2) is 8.78 Å². The number of amides is 1. The molecule has 128 valence electrons. The number of anilines is 1. The molecule has 0 saturated carbocycles. The van der Waals surface area contributed by atoms with E-state index in [9.17, 15) is 13.6 Å². The number of aryl methyl sites for hydroxylation is 1. The van der Waals surface area contributed by atoms with Gasteiger partial charge < -0.3 is 9.84 Å². The summed E-state index contributed by atoms with van der Waals surface area (Å²) < 4.78 is 31.7. The van der Waals surface area contributed by atoms with E-state index in [2.05, 4.69) is 15.5 Å². The summed E-state index contributed by atoms with van der Waals surface area (Å²) >= 11 is 1.35. The monoisotopic (exact) mass is 361 g/mol. The lowest BCUT2D eigenvalue weighted by Gasteiger charge is -2.10. The third kappa shape index (κ3) is 4.21. The van der Waals surface area contributed by atoms with Crippen LogP contribution in [0.5, 0.6) is 0 Å². The summed E-state index contributed by atoms with van der Waals surface area (Å²) in [6.07, 6.45) is 0. The number of nitrogens with zero attached hydrogens (tertiary/aromatic N) is 2. The number of nitrogens with one attached hydrogen (secondary N) is 1. The van der Waals surface area contributed by atoms with Crippen LogP contribution >= 0.6 is 11.8 Å². The second kappa shape index (κ2) is 7.43. The van der Waals surface area contributed by atoms with Crippen LogP contribution in [0, 0.1) is 18.6 Å². The molecule has 0 atom stereocenters. The third-order valence-corrected chi connectivity index (χ3v) is 4.29. The Morgan fingerprint density at radius 2 is 2.04 bits per heavy atom. The Labute approximate surface area is 146 Å². The Balaban J connectivity index is 1.76. The minimum Gasteiger partial charge on any atom is -0.338 e. The topological polar surface area (TPSA) is 68.0 Å². The second-order valence-electron chi connectivity index (χ2n) is 5.10. The zero-order chi connectivity index (χ0) is 17.8. The minimum absolute atomic E-state index is 0.0845. The standard InChI is InChI=1S/C17H13F2N3O2S/c1-10-20-16(24-22-10)9-25-15-5-3-2-4-12(15)17(23)21-14-7-6-11(18)8-13(14)19/h2-8H,9H2,1H3,(H,21,23). The summed E-state index contributed by atoms with van der Waals surface area (Å²) in [6, 6.07) is 9.86. The molecule has 1 aromatic heterocycles. The van der Waals surface area contributed by atoms with Crippen molar-refractivity contribution < 1.29 is 18.1 Å². The Bertz CT molecular complexity index is 914. The van der Waals surface area contributed by atoms with Crippen molar-refractivity contribution >= 4 is 23.4 Å². The highest BCUT2D eigenvalue weighted by molar-refractivity contribution is 7.98. The number of carbonyl (C=O) groups is 1. The van der Waals surface area contributed by atoms with Gasteiger partial charge in [-0.3, -0.25) is 4.79 Å². The molecular weight excluding hydrogens is 348 g/mol. The predicted molar refractivity (Wildman–Crippen MR) is 89.3 cm³/mol. The first kappa shape index (κ1) is 17.1. The van der Waals surface area contributed by atoms with E-state index in [-0.39, 0.29) is 5.69 Å². The van der Waals surface area contributed by atoms with E-state index in [1.165, 1.54) is 17.8 Å². The first-order chi connectivity index (χ1) is 12.0. The number of aromatic nitrogens is 2. The molecular formula is C17H13F2N3O2S. The lowest BCUT2D eigenvalue weighted by Crippen LogP contribution is -2.14. The third-order valence-electron chi connectivity index (χ3n) is 3.23. The number of benzene rings is 2. The summed E-state index contributed by atoms with van der Waals surface area (Å²) in [4.78, 5) is 17.2. The fraction of sp³-hybridized carbons (Fsp3) is 0.118. The fourth-order valence-corrected chi connectivity index (χ4v) is 2.99. The number of hydrogen-bond donors (Lipinski definition) is 1. The summed E-state index contributed by atoms with van der Waals surface area (Å²) in [7, 11) is 0. The maximum absolute atomic E-state index is 13.7. The van der Waals surface area contributed by atoms with E-state index in [4.69, 9.17) is 4.52 Å². The largest absolute Gasteiger partial charge is 0.338 e. The van der Waals surface area contributed by atoms with Gasteiger partial charge in [-0.05, 0) is 31.2 Å². The molecule has 3 rings (SSSR count). The van der Waals surface area contributed by atoms with Crippen LogP contribution < -0.4 is 5.32 Å². The number of thioether (sulfide) groups is 1. The van der Waals surface area contributed by atoms with E-state index >= 15 is 0 Å². The molecule has 0 aliphatic rings. The normalized spacial score (nSPS) is 10.7. The van der Waals surface area contributed by atoms with Crippen LogP contribution in [0.2, 0.25) is 0 Å². The van der Waals surface area contributed by atoms with Gasteiger partial charge in [0.15, 0.2) is 5.82 Å². The summed E-state index contributed by atoms with van der Waals surface area (Å²) in [6.45, 7) is 1.72. The average molecular weight is 361 g/mol. The zero-order valence-corrected chi connectivity index (χ0v) is 13.9. The lowest BCUT2D eigenvalue weighted by molar-refractivity contribution is 0.102. The molecule has 2 aromatic carbocycles. The van der Waals surface area contributed by atoms with Gasteiger partial charge in [-0.2, -0.15) is 4.98 Å². The zero-order valence-electron chi connectivity index (χ0n) is 13.1. The van der Waals surface area contributed by atoms with Crippen molar-refractivity contribution in [1.82, 2.24) is 10.1 Å². The van der Waals surface area contributed by atoms with Crippen molar-refractivity contribution in [3.8, 4) is 0 Å². The van der Waals surface area contributed by atoms with Gasteiger partial charge in [0, 0.05) is 11.0 Å². The van der Waals surface area contributed by atoms with Crippen molar-refractivity contribution in [2.75, 3.05) is 5.32 Å². The SMILES string of the molecule is Cc1noc(CSc2ccccc2C(=O)Nc2ccc(F)cc2F)n1. The summed E-state index contributed by atoms with van der Waals surface area (Å²) in [5, 5.41) is 6.16. The molecule has 1 N–H and O–H groups in total. The molecule has 0 saturated heterocycles. The van der Waals surface area contributed by atoms with E-state index in [1.54, 1.807) is 31.2 Å². The van der Waals surface area contributed by atoms with Gasteiger partial charge in [0.25, 0.3) is 5.91 Å². The number of halogens is 2. The van der Waals surface area contributed by atoms with Gasteiger partial charge in [0.2, 0.25) is 5.89 Å². The van der Waals surface area contributed by atoms with Crippen LogP contribution in [-0.2, 0) is 5.75 Å². The molecule has 3 aromatic rings. The molecule has 8 heteroatoms. The first-order valence-corrected chi connectivity index (χ1v) is 8.29. The molecule has 0 fully saturated rings. The molecule has 0 aliphatic carbocycles. The van der Waals surface area contributed by atoms with Crippen LogP contribution in [-0.4, -0.2) is 16.0 Å². The van der Waals surface area contributed by atoms with Gasteiger partial charge in [0.05, 0.1) is 17.0 Å². The van der Waals surface area contributed by atoms with Crippen LogP contribution in [0.15, 0.2) is 51.9 Å². The van der Waals surface area contributed by atoms with Crippen LogP contribution in [0.4, 0.5) is 14.5 Å². The highest BCUT2D eigenvalue weighted by Crippen LogP contribution is 2.27. The molecule has 5 nitrogen and oxygen atoms in total. The quantitative estimate of drug-likeness (QED) is 0.690. The van der Waals surface area contributed by atoms with Gasteiger partial charge >= 0.3 is 0 Å². The van der Waals surface area contributed by atoms with E-state index in [0.29, 0.717) is 34.0 Å². The second-order valence-corrected chi connectivity index (χ2v) is 6.12. The summed E-state index contributed by atoms with van der Waals surface area (Å²) in [5.74, 6) is -0.650. The van der Waals surface area contributed by atoms with E-state index in [0.717, 1.165) is 6.07 Å². The van der Waals surface area contributed by atoms with Crippen LogP contribution in [0.1, 0.15) is 22.1 Å². The molecule has 0 radical (unpaired) electrons. The minimum atomic E-state index is -0.834. The van der Waals surface area contributed by atoms with Crippen molar-refractivity contribution in [3.05, 3.63) is 71.4 Å². The van der Waals surface area contributed by atoms with E-state index < -0.39 is 17.5 Å². The number of rotatable bonds is 5. The van der Waals surface area contributed by atoms with Gasteiger partial charge in [0.1, 0.15) is 11.6 Å². The van der Waals surface area contributed by atoms with E-state index in [1.807, 2.05) is 0 Å². The molecule has 0 bridgehead atoms. The fourth-order valence-electron chi connectivity index (χ4n) is 2.10. The highest BCUT2D eigenvalue weighted by atomic mass is 32.2. The smallest absolute Gasteiger partial charge is 0.256 e. The molecule has 25 heavy (non-hydrogen) atoms. The lowest BCUT2D eigenvalue weighted by atomic mass is 10.2. The van der Waals surface area contributed by atoms with Crippen LogP contribution in [0.3, 0.4) is 0 Å². The van der Waals surface area contributed by atoms with Crippen molar-refractivity contribution in [2.45, 2.75) is 17.6 Å². The van der Waals surface area contributed by atoms with Crippen molar-refractivity contribution in [3.63, 3.8) is 0 Å². The molecule has 0 unspecified atom stereocenters. The predicted octanol–water partition coefficient (Wildman–Crippen LogP) is 4.20. The number of hydrogen-bond acceptors (Lipinski definition) is 5. The molecule has 1 amide bonds. The highest BCUT2D eigenvalue weighted by Gasteiger charge is 2.15. The molecule has 0 spiro atoms. The van der Waals surface area contributed by atoms with Crippen molar-refractivity contribution in [2.24, 2.45) is 0 Å². The van der Waals surface area contributed by atoms with Crippen LogP contribution in [0.25, 0.3) is 0 Å². The Morgan fingerprint density at radius 1 is 1.24 bits per heavy atom. The Morgan fingerprint density at radius 3 is 2.76 bits per heavy atom.